The molecule has 0 spiro atoms. The molecule has 0 saturated carbocycles. The van der Waals surface area contributed by atoms with Gasteiger partial charge in [0, 0.05) is 6.42 Å². The average Bonchev–Trinajstić information content (AvgIpc) is 2.19. The second-order valence-electron chi connectivity index (χ2n) is 3.09. The molecular weight excluding hydrogens is 196 g/mol. The van der Waals surface area contributed by atoms with Crippen molar-refractivity contribution in [3.8, 4) is 11.5 Å². The molecule has 4 heteroatoms. The number of carboxylic acid groups (broad SMARTS) is 1. The van der Waals surface area contributed by atoms with E-state index in [9.17, 15) is 9.90 Å². The summed E-state index contributed by atoms with van der Waals surface area (Å²) in [6.45, 7) is 2.29. The van der Waals surface area contributed by atoms with Crippen LogP contribution in [0.5, 0.6) is 11.5 Å². The van der Waals surface area contributed by atoms with Gasteiger partial charge in [-0.05, 0) is 25.0 Å². The molecule has 1 aromatic rings. The number of carboxylic acids is 1. The van der Waals surface area contributed by atoms with Crippen molar-refractivity contribution in [2.75, 3.05) is 6.61 Å². The van der Waals surface area contributed by atoms with Crippen LogP contribution in [0.2, 0.25) is 0 Å². The van der Waals surface area contributed by atoms with E-state index in [1.54, 1.807) is 18.2 Å². The van der Waals surface area contributed by atoms with Gasteiger partial charge in [0.25, 0.3) is 0 Å². The number of hydrogen-bond donors (Lipinski definition) is 2. The maximum absolute atomic E-state index is 10.4. The third-order valence-electron chi connectivity index (χ3n) is 1.99. The van der Waals surface area contributed by atoms with Gasteiger partial charge in [0.15, 0.2) is 11.5 Å². The Morgan fingerprint density at radius 3 is 2.80 bits per heavy atom. The monoisotopic (exact) mass is 210 g/mol. The number of benzene rings is 1. The lowest BCUT2D eigenvalue weighted by Gasteiger charge is -2.08. The SMILES string of the molecule is CCOc1cccc(CCC(=O)O)c1O. The maximum atomic E-state index is 10.4. The van der Waals surface area contributed by atoms with Gasteiger partial charge in [-0.2, -0.15) is 0 Å². The van der Waals surface area contributed by atoms with Gasteiger partial charge in [-0.15, -0.1) is 0 Å². The van der Waals surface area contributed by atoms with Crippen molar-refractivity contribution in [3.05, 3.63) is 23.8 Å². The Bertz CT molecular complexity index is 346. The van der Waals surface area contributed by atoms with Gasteiger partial charge >= 0.3 is 5.97 Å². The number of aromatic hydroxyl groups is 1. The van der Waals surface area contributed by atoms with Crippen LogP contribution in [0, 0.1) is 0 Å². The zero-order valence-corrected chi connectivity index (χ0v) is 8.56. The zero-order valence-electron chi connectivity index (χ0n) is 8.56. The van der Waals surface area contributed by atoms with E-state index in [1.807, 2.05) is 6.92 Å². The van der Waals surface area contributed by atoms with Crippen LogP contribution in [0.3, 0.4) is 0 Å². The van der Waals surface area contributed by atoms with Crippen LogP contribution in [-0.2, 0) is 11.2 Å². The summed E-state index contributed by atoms with van der Waals surface area (Å²) in [5, 5.41) is 18.2. The molecule has 0 aliphatic rings. The summed E-state index contributed by atoms with van der Waals surface area (Å²) in [5.41, 5.74) is 0.600. The molecule has 2 N–H and O–H groups in total. The van der Waals surface area contributed by atoms with Gasteiger partial charge in [0.1, 0.15) is 0 Å². The molecule has 0 aliphatic heterocycles. The van der Waals surface area contributed by atoms with Crippen LogP contribution in [0.25, 0.3) is 0 Å². The fraction of sp³-hybridized carbons (Fsp3) is 0.364. The van der Waals surface area contributed by atoms with E-state index in [0.29, 0.717) is 24.3 Å². The van der Waals surface area contributed by atoms with Crippen LogP contribution in [0.1, 0.15) is 18.9 Å². The minimum Gasteiger partial charge on any atom is -0.504 e. The van der Waals surface area contributed by atoms with Gasteiger partial charge in [0.2, 0.25) is 0 Å². The number of aliphatic carboxylic acids is 1. The lowest BCUT2D eigenvalue weighted by molar-refractivity contribution is -0.136. The van der Waals surface area contributed by atoms with Crippen LogP contribution >= 0.6 is 0 Å². The van der Waals surface area contributed by atoms with E-state index in [-0.39, 0.29) is 12.2 Å². The van der Waals surface area contributed by atoms with Gasteiger partial charge in [-0.3, -0.25) is 4.79 Å². The van der Waals surface area contributed by atoms with Crippen molar-refractivity contribution < 1.29 is 19.7 Å². The van der Waals surface area contributed by atoms with Gasteiger partial charge < -0.3 is 14.9 Å². The Morgan fingerprint density at radius 1 is 1.47 bits per heavy atom. The highest BCUT2D eigenvalue weighted by Gasteiger charge is 2.08. The number of rotatable bonds is 5. The number of ether oxygens (including phenoxy) is 1. The highest BCUT2D eigenvalue weighted by atomic mass is 16.5. The Morgan fingerprint density at radius 2 is 2.20 bits per heavy atom. The summed E-state index contributed by atoms with van der Waals surface area (Å²) in [7, 11) is 0. The number of aryl methyl sites for hydroxylation is 1. The summed E-state index contributed by atoms with van der Waals surface area (Å²) in [6, 6.07) is 5.09. The topological polar surface area (TPSA) is 66.8 Å². The molecule has 0 aliphatic carbocycles. The van der Waals surface area contributed by atoms with E-state index in [1.165, 1.54) is 0 Å². The predicted octanol–water partition coefficient (Wildman–Crippen LogP) is 1.81. The lowest BCUT2D eigenvalue weighted by Crippen LogP contribution is -1.99. The number of phenols is 1. The Hall–Kier alpha value is -1.71. The van der Waals surface area contributed by atoms with Gasteiger partial charge in [0.05, 0.1) is 6.61 Å². The molecule has 1 aromatic carbocycles. The molecule has 0 bridgehead atoms. The Balaban J connectivity index is 2.79. The minimum atomic E-state index is -0.879. The molecule has 15 heavy (non-hydrogen) atoms. The molecule has 0 amide bonds. The second-order valence-corrected chi connectivity index (χ2v) is 3.09. The normalized spacial score (nSPS) is 9.93. The number of phenolic OH excluding ortho intramolecular Hbond substituents is 1. The van der Waals surface area contributed by atoms with Crippen molar-refractivity contribution in [2.24, 2.45) is 0 Å². The summed E-state index contributed by atoms with van der Waals surface area (Å²) < 4.78 is 5.19. The van der Waals surface area contributed by atoms with E-state index in [2.05, 4.69) is 0 Å². The molecule has 0 atom stereocenters. The first-order chi connectivity index (χ1) is 7.15. The van der Waals surface area contributed by atoms with Crippen LogP contribution in [0.4, 0.5) is 0 Å². The highest BCUT2D eigenvalue weighted by molar-refractivity contribution is 5.67. The minimum absolute atomic E-state index is 0.00311. The van der Waals surface area contributed by atoms with E-state index < -0.39 is 5.97 Å². The van der Waals surface area contributed by atoms with Crippen molar-refractivity contribution in [1.82, 2.24) is 0 Å². The molecule has 1 rings (SSSR count). The Kier molecular flexibility index (Phi) is 3.97. The maximum Gasteiger partial charge on any atom is 0.303 e. The summed E-state index contributed by atoms with van der Waals surface area (Å²) >= 11 is 0. The average molecular weight is 210 g/mol. The molecule has 0 aromatic heterocycles. The fourth-order valence-electron chi connectivity index (χ4n) is 1.28. The molecule has 4 nitrogen and oxygen atoms in total. The van der Waals surface area contributed by atoms with Crippen molar-refractivity contribution in [2.45, 2.75) is 19.8 Å². The van der Waals surface area contributed by atoms with Crippen molar-refractivity contribution in [3.63, 3.8) is 0 Å². The molecule has 0 unspecified atom stereocenters. The largest absolute Gasteiger partial charge is 0.504 e. The standard InChI is InChI=1S/C11H14O4/c1-2-15-9-5-3-4-8(11(9)14)6-7-10(12)13/h3-5,14H,2,6-7H2,1H3,(H,12,13). The van der Waals surface area contributed by atoms with Crippen LogP contribution in [-0.4, -0.2) is 22.8 Å². The van der Waals surface area contributed by atoms with Gasteiger partial charge in [-0.1, -0.05) is 12.1 Å². The van der Waals surface area contributed by atoms with Crippen molar-refractivity contribution >= 4 is 5.97 Å². The second kappa shape index (κ2) is 5.24. The molecule has 0 radical (unpaired) electrons. The fourth-order valence-corrected chi connectivity index (χ4v) is 1.28. The smallest absolute Gasteiger partial charge is 0.303 e. The first-order valence-corrected chi connectivity index (χ1v) is 4.80. The number of hydrogen-bond acceptors (Lipinski definition) is 3. The third kappa shape index (κ3) is 3.16. The first-order valence-electron chi connectivity index (χ1n) is 4.80. The third-order valence-corrected chi connectivity index (χ3v) is 1.99. The summed E-state index contributed by atoms with van der Waals surface area (Å²) in [4.78, 5) is 10.4. The molecule has 82 valence electrons. The van der Waals surface area contributed by atoms with E-state index >= 15 is 0 Å². The summed E-state index contributed by atoms with van der Waals surface area (Å²) in [5.74, 6) is -0.433. The van der Waals surface area contributed by atoms with E-state index in [0.717, 1.165) is 0 Å². The molecular formula is C11H14O4. The quantitative estimate of drug-likeness (QED) is 0.777. The highest BCUT2D eigenvalue weighted by Crippen LogP contribution is 2.30. The van der Waals surface area contributed by atoms with E-state index in [4.69, 9.17) is 9.84 Å². The van der Waals surface area contributed by atoms with Crippen LogP contribution in [0.15, 0.2) is 18.2 Å². The summed E-state index contributed by atoms with van der Waals surface area (Å²) in [6.07, 6.45) is 0.311. The zero-order chi connectivity index (χ0) is 11.3. The number of para-hydroxylation sites is 1. The molecule has 0 heterocycles. The Labute approximate surface area is 88.1 Å². The first kappa shape index (κ1) is 11.4. The molecule has 0 saturated heterocycles. The lowest BCUT2D eigenvalue weighted by atomic mass is 10.1. The predicted molar refractivity (Wildman–Crippen MR) is 55.2 cm³/mol. The number of carbonyl (C=O) groups is 1. The van der Waals surface area contributed by atoms with Gasteiger partial charge in [-0.25, -0.2) is 0 Å². The van der Waals surface area contributed by atoms with Crippen molar-refractivity contribution in [1.29, 1.82) is 0 Å². The van der Waals surface area contributed by atoms with Crippen LogP contribution < -0.4 is 4.74 Å². The molecule has 0 fully saturated rings.